The summed E-state index contributed by atoms with van der Waals surface area (Å²) in [6.45, 7) is -0.215. The number of nitrogens with zero attached hydrogens (tertiary/aromatic N) is 1. The Kier molecular flexibility index (Phi) is 6.46. The van der Waals surface area contributed by atoms with Gasteiger partial charge in [-0.1, -0.05) is 17.7 Å². The first kappa shape index (κ1) is 20.8. The van der Waals surface area contributed by atoms with Crippen molar-refractivity contribution in [2.24, 2.45) is 0 Å². The molecule has 0 unspecified atom stereocenters. The average Bonchev–Trinajstić information content (AvgIpc) is 2.95. The van der Waals surface area contributed by atoms with Crippen LogP contribution in [0.15, 0.2) is 47.4 Å². The van der Waals surface area contributed by atoms with E-state index in [9.17, 15) is 14.4 Å². The topological polar surface area (TPSA) is 84.9 Å². The number of imide groups is 1. The fraction of sp³-hybridized carbons (Fsp3) is 0.150. The van der Waals surface area contributed by atoms with Crippen molar-refractivity contribution in [2.45, 2.75) is 0 Å². The van der Waals surface area contributed by atoms with Gasteiger partial charge in [-0.25, -0.2) is 0 Å². The van der Waals surface area contributed by atoms with Crippen molar-refractivity contribution >= 4 is 52.2 Å². The van der Waals surface area contributed by atoms with Gasteiger partial charge >= 0.3 is 0 Å². The third-order valence-electron chi connectivity index (χ3n) is 3.96. The average molecular weight is 433 g/mol. The number of benzene rings is 2. The molecule has 150 valence electrons. The van der Waals surface area contributed by atoms with Gasteiger partial charge in [-0.2, -0.15) is 0 Å². The van der Waals surface area contributed by atoms with Crippen LogP contribution < -0.4 is 14.8 Å². The van der Waals surface area contributed by atoms with E-state index < -0.39 is 0 Å². The van der Waals surface area contributed by atoms with Gasteiger partial charge in [0.25, 0.3) is 17.1 Å². The second-order valence-corrected chi connectivity index (χ2v) is 7.42. The maximum Gasteiger partial charge on any atom is 0.293 e. The highest BCUT2D eigenvalue weighted by molar-refractivity contribution is 8.18. The number of rotatable bonds is 6. The van der Waals surface area contributed by atoms with Crippen molar-refractivity contribution in [1.29, 1.82) is 0 Å². The zero-order valence-corrected chi connectivity index (χ0v) is 17.2. The second kappa shape index (κ2) is 9.02. The monoisotopic (exact) mass is 432 g/mol. The van der Waals surface area contributed by atoms with E-state index >= 15 is 0 Å². The zero-order valence-electron chi connectivity index (χ0n) is 15.6. The van der Waals surface area contributed by atoms with Gasteiger partial charge in [0.15, 0.2) is 18.1 Å². The molecular formula is C20H17ClN2O5S. The SMILES string of the molecule is COc1cc(/C=C2/SC(=O)N(C)C2=O)ccc1OCC(=O)Nc1ccc(Cl)cc1. The lowest BCUT2D eigenvalue weighted by atomic mass is 10.2. The maximum atomic E-state index is 12.1. The summed E-state index contributed by atoms with van der Waals surface area (Å²) in [6, 6.07) is 11.7. The molecule has 1 aliphatic heterocycles. The van der Waals surface area contributed by atoms with Crippen molar-refractivity contribution in [3.63, 3.8) is 0 Å². The van der Waals surface area contributed by atoms with Crippen molar-refractivity contribution < 1.29 is 23.9 Å². The number of hydrogen-bond donors (Lipinski definition) is 1. The largest absolute Gasteiger partial charge is 0.493 e. The summed E-state index contributed by atoms with van der Waals surface area (Å²) in [7, 11) is 2.91. The van der Waals surface area contributed by atoms with Gasteiger partial charge in [-0.3, -0.25) is 19.3 Å². The predicted molar refractivity (Wildman–Crippen MR) is 112 cm³/mol. The summed E-state index contributed by atoms with van der Waals surface area (Å²) in [5.74, 6) is 0.0847. The Morgan fingerprint density at radius 2 is 1.90 bits per heavy atom. The van der Waals surface area contributed by atoms with Gasteiger partial charge in [-0.15, -0.1) is 0 Å². The molecule has 0 spiro atoms. The minimum absolute atomic E-state index is 0.215. The Balaban J connectivity index is 1.66. The number of amides is 3. The quantitative estimate of drug-likeness (QED) is 0.693. The standard InChI is InChI=1S/C20H17ClN2O5S/c1-23-19(25)17(29-20(23)26)10-12-3-8-15(16(9-12)27-2)28-11-18(24)22-14-6-4-13(21)5-7-14/h3-10H,11H2,1-2H3,(H,22,24)/b17-10+. The minimum atomic E-state index is -0.349. The molecule has 0 saturated carbocycles. The van der Waals surface area contributed by atoms with Crippen molar-refractivity contribution in [3.8, 4) is 11.5 Å². The number of likely N-dealkylation sites (N-methyl/N-ethyl adjacent to an activating group) is 1. The number of anilines is 1. The first-order chi connectivity index (χ1) is 13.9. The van der Waals surface area contributed by atoms with Crippen LogP contribution in [0.4, 0.5) is 10.5 Å². The summed E-state index contributed by atoms with van der Waals surface area (Å²) in [6.07, 6.45) is 1.61. The van der Waals surface area contributed by atoms with Crippen LogP contribution in [0, 0.1) is 0 Å². The highest BCUT2D eigenvalue weighted by Crippen LogP contribution is 2.33. The highest BCUT2D eigenvalue weighted by atomic mass is 35.5. The lowest BCUT2D eigenvalue weighted by molar-refractivity contribution is -0.121. The van der Waals surface area contributed by atoms with Crippen molar-refractivity contribution in [1.82, 2.24) is 4.90 Å². The molecule has 3 amide bonds. The van der Waals surface area contributed by atoms with E-state index in [4.69, 9.17) is 21.1 Å². The van der Waals surface area contributed by atoms with Gasteiger partial charge in [0.1, 0.15) is 0 Å². The molecule has 29 heavy (non-hydrogen) atoms. The van der Waals surface area contributed by atoms with E-state index in [1.54, 1.807) is 48.5 Å². The molecular weight excluding hydrogens is 416 g/mol. The summed E-state index contributed by atoms with van der Waals surface area (Å²) < 4.78 is 10.9. The van der Waals surface area contributed by atoms with Crippen LogP contribution in [-0.2, 0) is 9.59 Å². The Bertz CT molecular complexity index is 991. The van der Waals surface area contributed by atoms with Crippen LogP contribution in [0.25, 0.3) is 6.08 Å². The number of nitrogens with one attached hydrogen (secondary N) is 1. The van der Waals surface area contributed by atoms with Crippen LogP contribution in [0.3, 0.4) is 0 Å². The van der Waals surface area contributed by atoms with Crippen LogP contribution in [0.1, 0.15) is 5.56 Å². The molecule has 0 aromatic heterocycles. The smallest absolute Gasteiger partial charge is 0.293 e. The Labute approximate surface area is 176 Å². The molecule has 1 N–H and O–H groups in total. The molecule has 0 bridgehead atoms. The predicted octanol–water partition coefficient (Wildman–Crippen LogP) is 4.03. The number of thioether (sulfide) groups is 1. The third kappa shape index (κ3) is 5.10. The summed E-state index contributed by atoms with van der Waals surface area (Å²) in [5.41, 5.74) is 1.27. The third-order valence-corrected chi connectivity index (χ3v) is 5.17. The van der Waals surface area contributed by atoms with Crippen molar-refractivity contribution in [2.75, 3.05) is 26.1 Å². The Morgan fingerprint density at radius 3 is 2.52 bits per heavy atom. The van der Waals surface area contributed by atoms with Gasteiger partial charge in [0.2, 0.25) is 0 Å². The highest BCUT2D eigenvalue weighted by Gasteiger charge is 2.31. The molecule has 2 aromatic carbocycles. The van der Waals surface area contributed by atoms with Gasteiger partial charge in [0, 0.05) is 17.8 Å². The molecule has 0 aliphatic carbocycles. The van der Waals surface area contributed by atoms with E-state index in [-0.39, 0.29) is 23.7 Å². The number of carbonyl (C=O) groups excluding carboxylic acids is 3. The fourth-order valence-corrected chi connectivity index (χ4v) is 3.42. The Hall–Kier alpha value is -2.97. The summed E-state index contributed by atoms with van der Waals surface area (Å²) in [4.78, 5) is 37.1. The van der Waals surface area contributed by atoms with E-state index in [2.05, 4.69) is 5.32 Å². The summed E-state index contributed by atoms with van der Waals surface area (Å²) >= 11 is 6.69. The molecule has 1 fully saturated rings. The number of methoxy groups -OCH3 is 1. The first-order valence-corrected chi connectivity index (χ1v) is 9.64. The molecule has 1 saturated heterocycles. The van der Waals surface area contributed by atoms with E-state index in [1.165, 1.54) is 14.2 Å². The maximum absolute atomic E-state index is 12.1. The fourth-order valence-electron chi connectivity index (χ4n) is 2.46. The number of halogens is 1. The van der Waals surface area contributed by atoms with Crippen LogP contribution in [0.2, 0.25) is 5.02 Å². The van der Waals surface area contributed by atoms with Gasteiger partial charge in [0.05, 0.1) is 12.0 Å². The molecule has 2 aromatic rings. The van der Waals surface area contributed by atoms with Crippen LogP contribution in [-0.4, -0.2) is 42.7 Å². The van der Waals surface area contributed by atoms with Crippen molar-refractivity contribution in [3.05, 3.63) is 58.0 Å². The molecule has 0 radical (unpaired) electrons. The minimum Gasteiger partial charge on any atom is -0.493 e. The van der Waals surface area contributed by atoms with Gasteiger partial charge < -0.3 is 14.8 Å². The van der Waals surface area contributed by atoms with E-state index in [1.807, 2.05) is 0 Å². The lowest BCUT2D eigenvalue weighted by Crippen LogP contribution is -2.22. The van der Waals surface area contributed by atoms with Gasteiger partial charge in [-0.05, 0) is 59.8 Å². The second-order valence-electron chi connectivity index (χ2n) is 5.99. The normalized spacial score (nSPS) is 15.0. The lowest BCUT2D eigenvalue weighted by Gasteiger charge is -2.12. The van der Waals surface area contributed by atoms with E-state index in [0.717, 1.165) is 16.7 Å². The molecule has 3 rings (SSSR count). The number of ether oxygens (including phenoxy) is 2. The number of hydrogen-bond acceptors (Lipinski definition) is 6. The molecule has 1 heterocycles. The first-order valence-electron chi connectivity index (χ1n) is 8.45. The van der Waals surface area contributed by atoms with Crippen LogP contribution in [0.5, 0.6) is 11.5 Å². The summed E-state index contributed by atoms with van der Waals surface area (Å²) in [5, 5.41) is 2.96. The Morgan fingerprint density at radius 1 is 1.17 bits per heavy atom. The van der Waals surface area contributed by atoms with E-state index in [0.29, 0.717) is 32.7 Å². The molecule has 7 nitrogen and oxygen atoms in total. The number of carbonyl (C=O) groups is 3. The molecule has 1 aliphatic rings. The molecule has 9 heteroatoms. The van der Waals surface area contributed by atoms with Crippen LogP contribution >= 0.6 is 23.4 Å². The zero-order chi connectivity index (χ0) is 21.0. The molecule has 0 atom stereocenters.